The molecule has 0 fully saturated rings. The molecule has 1 aromatic carbocycles. The maximum absolute atomic E-state index is 11.1. The molecule has 0 aliphatic rings. The monoisotopic (exact) mass is 339 g/mol. The summed E-state index contributed by atoms with van der Waals surface area (Å²) in [4.78, 5) is 11.1. The minimum Gasteiger partial charge on any atom is -0.384 e. The van der Waals surface area contributed by atoms with Crippen molar-refractivity contribution in [1.29, 1.82) is 0 Å². The zero-order valence-electron chi connectivity index (χ0n) is 8.13. The normalized spacial score (nSPS) is 12.3. The van der Waals surface area contributed by atoms with Gasteiger partial charge in [0.05, 0.1) is 5.02 Å². The van der Waals surface area contributed by atoms with Gasteiger partial charge in [-0.3, -0.25) is 4.79 Å². The smallest absolute Gasteiger partial charge is 0.248 e. The van der Waals surface area contributed by atoms with Crippen molar-refractivity contribution in [3.05, 3.63) is 32.4 Å². The maximum Gasteiger partial charge on any atom is 0.248 e. The highest BCUT2D eigenvalue weighted by atomic mass is 127. The quantitative estimate of drug-likeness (QED) is 0.827. The summed E-state index contributed by atoms with van der Waals surface area (Å²) in [6.07, 6.45) is -0.982. The van der Waals surface area contributed by atoms with Gasteiger partial charge in [-0.25, -0.2) is 0 Å². The van der Waals surface area contributed by atoms with Crippen LogP contribution in [0.2, 0.25) is 5.02 Å². The standard InChI is InChI=1S/C10H11ClINO2/c1-6(14)10(15)13-5-7-2-3-9(12)8(11)4-7/h2-4,6,14H,5H2,1H3,(H,13,15)/t6-/m1/s1. The first kappa shape index (κ1) is 12.7. The van der Waals surface area contributed by atoms with Crippen molar-refractivity contribution in [3.63, 3.8) is 0 Å². The molecule has 0 spiro atoms. The molecule has 82 valence electrons. The van der Waals surface area contributed by atoms with Crippen LogP contribution in [0.25, 0.3) is 0 Å². The van der Waals surface area contributed by atoms with Gasteiger partial charge in [-0.2, -0.15) is 0 Å². The number of amides is 1. The summed E-state index contributed by atoms with van der Waals surface area (Å²) in [7, 11) is 0. The Morgan fingerprint density at radius 3 is 2.87 bits per heavy atom. The predicted molar refractivity (Wildman–Crippen MR) is 67.7 cm³/mol. The highest BCUT2D eigenvalue weighted by Gasteiger charge is 2.07. The first-order valence-electron chi connectivity index (χ1n) is 4.40. The Kier molecular flexibility index (Phi) is 4.82. The molecular weight excluding hydrogens is 328 g/mol. The SMILES string of the molecule is C[C@@H](O)C(=O)NCc1ccc(I)c(Cl)c1. The van der Waals surface area contributed by atoms with Crippen LogP contribution in [0.4, 0.5) is 0 Å². The number of carbonyl (C=O) groups is 1. The van der Waals surface area contributed by atoms with Gasteiger partial charge < -0.3 is 10.4 Å². The third-order valence-electron chi connectivity index (χ3n) is 1.83. The summed E-state index contributed by atoms with van der Waals surface area (Å²) in [5.41, 5.74) is 0.911. The third-order valence-corrected chi connectivity index (χ3v) is 3.40. The van der Waals surface area contributed by atoms with Gasteiger partial charge in [0.15, 0.2) is 0 Å². The number of carbonyl (C=O) groups excluding carboxylic acids is 1. The maximum atomic E-state index is 11.1. The molecule has 2 N–H and O–H groups in total. The van der Waals surface area contributed by atoms with E-state index in [1.165, 1.54) is 6.92 Å². The zero-order chi connectivity index (χ0) is 11.4. The summed E-state index contributed by atoms with van der Waals surface area (Å²) < 4.78 is 0.972. The molecule has 0 saturated heterocycles. The number of rotatable bonds is 3. The Balaban J connectivity index is 2.58. The van der Waals surface area contributed by atoms with Crippen molar-refractivity contribution in [2.24, 2.45) is 0 Å². The molecule has 0 saturated carbocycles. The molecule has 0 aromatic heterocycles. The highest BCUT2D eigenvalue weighted by molar-refractivity contribution is 14.1. The average Bonchev–Trinajstić information content (AvgIpc) is 2.19. The van der Waals surface area contributed by atoms with Crippen LogP contribution in [0, 0.1) is 3.57 Å². The van der Waals surface area contributed by atoms with E-state index in [1.807, 2.05) is 12.1 Å². The van der Waals surface area contributed by atoms with Gasteiger partial charge in [0.25, 0.3) is 0 Å². The van der Waals surface area contributed by atoms with Crippen LogP contribution in [-0.4, -0.2) is 17.1 Å². The van der Waals surface area contributed by atoms with Crippen LogP contribution in [0.1, 0.15) is 12.5 Å². The van der Waals surface area contributed by atoms with Gasteiger partial charge >= 0.3 is 0 Å². The Labute approximate surface area is 107 Å². The lowest BCUT2D eigenvalue weighted by atomic mass is 10.2. The summed E-state index contributed by atoms with van der Waals surface area (Å²) in [5, 5.41) is 12.2. The van der Waals surface area contributed by atoms with Crippen LogP contribution >= 0.6 is 34.2 Å². The summed E-state index contributed by atoms with van der Waals surface area (Å²) >= 11 is 8.06. The molecule has 1 aromatic rings. The van der Waals surface area contributed by atoms with E-state index in [0.717, 1.165) is 9.13 Å². The van der Waals surface area contributed by atoms with Crippen LogP contribution in [0.15, 0.2) is 18.2 Å². The molecule has 1 rings (SSSR count). The topological polar surface area (TPSA) is 49.3 Å². The van der Waals surface area contributed by atoms with Gasteiger partial charge in [0.1, 0.15) is 6.10 Å². The molecule has 0 unspecified atom stereocenters. The van der Waals surface area contributed by atoms with Crippen molar-refractivity contribution in [1.82, 2.24) is 5.32 Å². The van der Waals surface area contributed by atoms with Gasteiger partial charge in [-0.1, -0.05) is 17.7 Å². The molecule has 1 amide bonds. The third kappa shape index (κ3) is 3.96. The van der Waals surface area contributed by atoms with Gasteiger partial charge in [0, 0.05) is 10.1 Å². The minimum atomic E-state index is -0.982. The van der Waals surface area contributed by atoms with Crippen LogP contribution in [0.3, 0.4) is 0 Å². The number of aliphatic hydroxyl groups is 1. The molecular formula is C10H11ClINO2. The second-order valence-electron chi connectivity index (χ2n) is 3.14. The predicted octanol–water partition coefficient (Wildman–Crippen LogP) is 1.94. The van der Waals surface area contributed by atoms with E-state index in [4.69, 9.17) is 16.7 Å². The zero-order valence-corrected chi connectivity index (χ0v) is 11.0. The van der Waals surface area contributed by atoms with Crippen LogP contribution in [-0.2, 0) is 11.3 Å². The van der Waals surface area contributed by atoms with Gasteiger partial charge in [-0.05, 0) is 47.2 Å². The first-order chi connectivity index (χ1) is 7.00. The number of halogens is 2. The van der Waals surface area contributed by atoms with E-state index in [1.54, 1.807) is 6.07 Å². The second-order valence-corrected chi connectivity index (χ2v) is 4.71. The van der Waals surface area contributed by atoms with Crippen molar-refractivity contribution < 1.29 is 9.90 Å². The van der Waals surface area contributed by atoms with E-state index in [2.05, 4.69) is 27.9 Å². The Morgan fingerprint density at radius 2 is 2.33 bits per heavy atom. The highest BCUT2D eigenvalue weighted by Crippen LogP contribution is 2.19. The van der Waals surface area contributed by atoms with E-state index in [-0.39, 0.29) is 5.91 Å². The van der Waals surface area contributed by atoms with Crippen LogP contribution < -0.4 is 5.32 Å². The number of aliphatic hydroxyl groups excluding tert-OH is 1. The molecule has 3 nitrogen and oxygen atoms in total. The average molecular weight is 340 g/mol. The molecule has 0 bridgehead atoms. The number of nitrogens with one attached hydrogen (secondary N) is 1. The van der Waals surface area contributed by atoms with Crippen molar-refractivity contribution in [3.8, 4) is 0 Å². The van der Waals surface area contributed by atoms with E-state index in [0.29, 0.717) is 11.6 Å². The first-order valence-corrected chi connectivity index (χ1v) is 5.86. The lowest BCUT2D eigenvalue weighted by Crippen LogP contribution is -2.31. The fourth-order valence-electron chi connectivity index (χ4n) is 0.986. The number of hydrogen-bond acceptors (Lipinski definition) is 2. The lowest BCUT2D eigenvalue weighted by molar-refractivity contribution is -0.128. The minimum absolute atomic E-state index is 0.375. The van der Waals surface area contributed by atoms with Crippen molar-refractivity contribution in [2.45, 2.75) is 19.6 Å². The Morgan fingerprint density at radius 1 is 1.67 bits per heavy atom. The fourth-order valence-corrected chi connectivity index (χ4v) is 1.53. The molecule has 0 aliphatic heterocycles. The summed E-state index contributed by atoms with van der Waals surface area (Å²) in [5.74, 6) is -0.385. The van der Waals surface area contributed by atoms with E-state index >= 15 is 0 Å². The molecule has 0 aliphatic carbocycles. The molecule has 1 atom stereocenters. The van der Waals surface area contributed by atoms with E-state index in [9.17, 15) is 4.79 Å². The number of hydrogen-bond donors (Lipinski definition) is 2. The lowest BCUT2D eigenvalue weighted by Gasteiger charge is -2.07. The van der Waals surface area contributed by atoms with Gasteiger partial charge in [-0.15, -0.1) is 0 Å². The van der Waals surface area contributed by atoms with Crippen molar-refractivity contribution >= 4 is 40.1 Å². The molecule has 5 heteroatoms. The van der Waals surface area contributed by atoms with E-state index < -0.39 is 6.10 Å². The summed E-state index contributed by atoms with van der Waals surface area (Å²) in [6, 6.07) is 5.56. The molecule has 0 heterocycles. The number of benzene rings is 1. The molecule has 15 heavy (non-hydrogen) atoms. The Bertz CT molecular complexity index is 368. The fraction of sp³-hybridized carbons (Fsp3) is 0.300. The largest absolute Gasteiger partial charge is 0.384 e. The van der Waals surface area contributed by atoms with Gasteiger partial charge in [0.2, 0.25) is 5.91 Å². The molecule has 0 radical (unpaired) electrons. The van der Waals surface area contributed by atoms with Crippen molar-refractivity contribution in [2.75, 3.05) is 0 Å². The summed E-state index contributed by atoms with van der Waals surface area (Å²) in [6.45, 7) is 1.80. The van der Waals surface area contributed by atoms with Crippen LogP contribution in [0.5, 0.6) is 0 Å². The Hall–Kier alpha value is -0.330. The second kappa shape index (κ2) is 5.67.